The van der Waals surface area contributed by atoms with Gasteiger partial charge in [-0.1, -0.05) is 18.9 Å². The second-order valence-corrected chi connectivity index (χ2v) is 10.7. The molecular weight excluding hydrogens is 438 g/mol. The van der Waals surface area contributed by atoms with E-state index in [0.717, 1.165) is 55.8 Å². The van der Waals surface area contributed by atoms with Crippen LogP contribution in [0.2, 0.25) is 0 Å². The van der Waals surface area contributed by atoms with Crippen molar-refractivity contribution in [2.75, 3.05) is 51.3 Å². The van der Waals surface area contributed by atoms with E-state index in [9.17, 15) is 13.2 Å². The van der Waals surface area contributed by atoms with E-state index in [2.05, 4.69) is 4.90 Å². The van der Waals surface area contributed by atoms with E-state index in [1.165, 1.54) is 0 Å². The fourth-order valence-corrected chi connectivity index (χ4v) is 6.10. The van der Waals surface area contributed by atoms with Crippen LogP contribution in [-0.4, -0.2) is 69.9 Å². The highest BCUT2D eigenvalue weighted by Gasteiger charge is 2.28. The molecule has 0 unspecified atom stereocenters. The van der Waals surface area contributed by atoms with Crippen LogP contribution in [0.4, 0.5) is 5.69 Å². The topological polar surface area (TPSA) is 70.2 Å². The number of piperazine rings is 1. The molecule has 0 aliphatic carbocycles. The summed E-state index contributed by atoms with van der Waals surface area (Å²) < 4.78 is 33.3. The lowest BCUT2D eigenvalue weighted by molar-refractivity contribution is 0.0746. The minimum absolute atomic E-state index is 0.102. The standard InChI is InChI=1S/C25H33N3O4S/c1-20-7-12-23(33(30,31)28-13-5-3-4-6-14-28)19-24(20)25(29)27-17-15-26(16-18-27)21-8-10-22(32-2)11-9-21/h7-12,19H,3-6,13-18H2,1-2H3. The molecule has 2 saturated heterocycles. The van der Waals surface area contributed by atoms with Gasteiger partial charge in [-0.05, 0) is 61.7 Å². The minimum Gasteiger partial charge on any atom is -0.497 e. The van der Waals surface area contributed by atoms with Crippen molar-refractivity contribution in [2.45, 2.75) is 37.5 Å². The van der Waals surface area contributed by atoms with E-state index in [-0.39, 0.29) is 10.8 Å². The highest BCUT2D eigenvalue weighted by Crippen LogP contribution is 2.25. The summed E-state index contributed by atoms with van der Waals surface area (Å²) in [4.78, 5) is 17.6. The number of nitrogens with zero attached hydrogens (tertiary/aromatic N) is 3. The molecule has 2 aromatic rings. The summed E-state index contributed by atoms with van der Waals surface area (Å²) >= 11 is 0. The van der Waals surface area contributed by atoms with Gasteiger partial charge in [0.2, 0.25) is 10.0 Å². The molecule has 4 rings (SSSR count). The number of hydrogen-bond acceptors (Lipinski definition) is 5. The average molecular weight is 472 g/mol. The third-order valence-corrected chi connectivity index (χ3v) is 8.54. The number of aryl methyl sites for hydroxylation is 1. The van der Waals surface area contributed by atoms with Crippen molar-refractivity contribution in [3.8, 4) is 5.75 Å². The largest absolute Gasteiger partial charge is 0.497 e. The zero-order valence-electron chi connectivity index (χ0n) is 19.5. The summed E-state index contributed by atoms with van der Waals surface area (Å²) in [7, 11) is -1.95. The van der Waals surface area contributed by atoms with Crippen LogP contribution < -0.4 is 9.64 Å². The number of amides is 1. The summed E-state index contributed by atoms with van der Waals surface area (Å²) in [6.45, 7) is 5.59. The fourth-order valence-electron chi connectivity index (χ4n) is 4.55. The first kappa shape index (κ1) is 23.6. The maximum atomic E-state index is 13.3. The third kappa shape index (κ3) is 5.17. The molecule has 1 amide bonds. The summed E-state index contributed by atoms with van der Waals surface area (Å²) in [6, 6.07) is 12.9. The number of benzene rings is 2. The van der Waals surface area contributed by atoms with Gasteiger partial charge < -0.3 is 14.5 Å². The van der Waals surface area contributed by atoms with Crippen LogP contribution in [0.3, 0.4) is 0 Å². The van der Waals surface area contributed by atoms with Crippen LogP contribution in [0.5, 0.6) is 5.75 Å². The van der Waals surface area contributed by atoms with Crippen LogP contribution in [0.1, 0.15) is 41.6 Å². The van der Waals surface area contributed by atoms with Gasteiger partial charge in [0, 0.05) is 50.5 Å². The van der Waals surface area contributed by atoms with Crippen molar-refractivity contribution in [1.82, 2.24) is 9.21 Å². The summed E-state index contributed by atoms with van der Waals surface area (Å²) in [6.07, 6.45) is 3.89. The Labute approximate surface area is 197 Å². The van der Waals surface area contributed by atoms with E-state index in [1.54, 1.807) is 29.6 Å². The molecule has 0 atom stereocenters. The quantitative estimate of drug-likeness (QED) is 0.667. The van der Waals surface area contributed by atoms with Crippen molar-refractivity contribution in [2.24, 2.45) is 0 Å². The molecule has 2 aromatic carbocycles. The molecule has 2 aliphatic heterocycles. The van der Waals surface area contributed by atoms with Gasteiger partial charge in [-0.2, -0.15) is 4.31 Å². The molecule has 7 nitrogen and oxygen atoms in total. The lowest BCUT2D eigenvalue weighted by atomic mass is 10.1. The Balaban J connectivity index is 1.47. The van der Waals surface area contributed by atoms with Gasteiger partial charge in [-0.25, -0.2) is 8.42 Å². The second kappa shape index (κ2) is 10.1. The fraction of sp³-hybridized carbons (Fsp3) is 0.480. The smallest absolute Gasteiger partial charge is 0.254 e. The molecule has 0 spiro atoms. The number of anilines is 1. The molecule has 8 heteroatoms. The molecule has 0 N–H and O–H groups in total. The molecule has 2 fully saturated rings. The molecule has 2 heterocycles. The second-order valence-electron chi connectivity index (χ2n) is 8.77. The maximum Gasteiger partial charge on any atom is 0.254 e. The lowest BCUT2D eigenvalue weighted by Crippen LogP contribution is -2.49. The number of hydrogen-bond donors (Lipinski definition) is 0. The third-order valence-electron chi connectivity index (χ3n) is 6.65. The zero-order valence-corrected chi connectivity index (χ0v) is 20.3. The molecule has 33 heavy (non-hydrogen) atoms. The van der Waals surface area contributed by atoms with Crippen molar-refractivity contribution in [1.29, 1.82) is 0 Å². The molecule has 0 aromatic heterocycles. The summed E-state index contributed by atoms with van der Waals surface area (Å²) in [5.74, 6) is 0.716. The number of rotatable bonds is 5. The Morgan fingerprint density at radius 3 is 2.09 bits per heavy atom. The van der Waals surface area contributed by atoms with Gasteiger partial charge >= 0.3 is 0 Å². The van der Waals surface area contributed by atoms with E-state index >= 15 is 0 Å². The Bertz CT molecular complexity index is 1070. The molecule has 0 saturated carbocycles. The number of ether oxygens (including phenoxy) is 1. The zero-order chi connectivity index (χ0) is 23.4. The number of methoxy groups -OCH3 is 1. The van der Waals surface area contributed by atoms with Crippen molar-refractivity contribution >= 4 is 21.6 Å². The monoisotopic (exact) mass is 471 g/mol. The Morgan fingerprint density at radius 2 is 1.48 bits per heavy atom. The summed E-state index contributed by atoms with van der Waals surface area (Å²) in [5, 5.41) is 0. The Morgan fingerprint density at radius 1 is 0.848 bits per heavy atom. The molecule has 0 radical (unpaired) electrons. The van der Waals surface area contributed by atoms with Gasteiger partial charge in [0.15, 0.2) is 0 Å². The van der Waals surface area contributed by atoms with Crippen LogP contribution in [0.15, 0.2) is 47.4 Å². The first-order valence-electron chi connectivity index (χ1n) is 11.7. The predicted octanol–water partition coefficient (Wildman–Crippen LogP) is 3.53. The van der Waals surface area contributed by atoms with Gasteiger partial charge in [0.05, 0.1) is 12.0 Å². The van der Waals surface area contributed by atoms with Crippen molar-refractivity contribution in [3.05, 3.63) is 53.6 Å². The van der Waals surface area contributed by atoms with E-state index < -0.39 is 10.0 Å². The SMILES string of the molecule is COc1ccc(N2CCN(C(=O)c3cc(S(=O)(=O)N4CCCCCC4)ccc3C)CC2)cc1. The molecule has 178 valence electrons. The lowest BCUT2D eigenvalue weighted by Gasteiger charge is -2.36. The molecular formula is C25H33N3O4S. The van der Waals surface area contributed by atoms with Crippen LogP contribution in [0.25, 0.3) is 0 Å². The van der Waals surface area contributed by atoms with Gasteiger partial charge in [-0.3, -0.25) is 4.79 Å². The van der Waals surface area contributed by atoms with E-state index in [4.69, 9.17) is 4.74 Å². The Hall–Kier alpha value is -2.58. The highest BCUT2D eigenvalue weighted by atomic mass is 32.2. The van der Waals surface area contributed by atoms with Crippen LogP contribution in [-0.2, 0) is 10.0 Å². The predicted molar refractivity (Wildman–Crippen MR) is 130 cm³/mol. The summed E-state index contributed by atoms with van der Waals surface area (Å²) in [5.41, 5.74) is 2.38. The average Bonchev–Trinajstić information content (AvgIpc) is 3.14. The Kier molecular flexibility index (Phi) is 7.24. The van der Waals surface area contributed by atoms with Crippen molar-refractivity contribution < 1.29 is 17.9 Å². The van der Waals surface area contributed by atoms with E-state index in [1.807, 2.05) is 36.1 Å². The van der Waals surface area contributed by atoms with Gasteiger partial charge in [0.25, 0.3) is 5.91 Å². The maximum absolute atomic E-state index is 13.3. The normalized spacial score (nSPS) is 18.1. The first-order valence-corrected chi connectivity index (χ1v) is 13.1. The number of carbonyl (C=O) groups is 1. The molecule has 0 bridgehead atoms. The van der Waals surface area contributed by atoms with E-state index in [0.29, 0.717) is 31.7 Å². The van der Waals surface area contributed by atoms with Crippen LogP contribution in [0, 0.1) is 6.92 Å². The number of carbonyl (C=O) groups excluding carboxylic acids is 1. The highest BCUT2D eigenvalue weighted by molar-refractivity contribution is 7.89. The van der Waals surface area contributed by atoms with Gasteiger partial charge in [0.1, 0.15) is 5.75 Å². The minimum atomic E-state index is -3.60. The first-order chi connectivity index (χ1) is 15.9. The molecule has 2 aliphatic rings. The van der Waals surface area contributed by atoms with Crippen LogP contribution >= 0.6 is 0 Å². The van der Waals surface area contributed by atoms with Gasteiger partial charge in [-0.15, -0.1) is 0 Å². The number of sulfonamides is 1. The van der Waals surface area contributed by atoms with Crippen molar-refractivity contribution in [3.63, 3.8) is 0 Å².